The van der Waals surface area contributed by atoms with E-state index in [0.717, 1.165) is 12.8 Å². The fraction of sp³-hybridized carbons (Fsp3) is 0.250. The van der Waals surface area contributed by atoms with Crippen molar-refractivity contribution in [2.75, 3.05) is 6.61 Å². The second kappa shape index (κ2) is 4.92. The summed E-state index contributed by atoms with van der Waals surface area (Å²) in [6.45, 7) is 0.663. The first-order chi connectivity index (χ1) is 8.86. The highest BCUT2D eigenvalue weighted by atomic mass is 17.2. The third-order valence-corrected chi connectivity index (χ3v) is 3.30. The van der Waals surface area contributed by atoms with Crippen molar-refractivity contribution < 1.29 is 9.78 Å². The molecular weight excluding hydrogens is 224 g/mol. The van der Waals surface area contributed by atoms with Gasteiger partial charge in [0.1, 0.15) is 12.2 Å². The minimum atomic E-state index is -0.192. The molecule has 0 bridgehead atoms. The molecule has 0 aliphatic carbocycles. The summed E-state index contributed by atoms with van der Waals surface area (Å²) < 4.78 is 0. The summed E-state index contributed by atoms with van der Waals surface area (Å²) in [5.74, 6) is 0. The van der Waals surface area contributed by atoms with Crippen LogP contribution in [0.3, 0.4) is 0 Å². The van der Waals surface area contributed by atoms with Crippen LogP contribution in [0.15, 0.2) is 60.7 Å². The molecule has 1 aliphatic rings. The molecule has 1 heterocycles. The molecule has 0 saturated carbocycles. The summed E-state index contributed by atoms with van der Waals surface area (Å²) in [4.78, 5) is 10.4. The molecule has 0 spiro atoms. The van der Waals surface area contributed by atoms with Gasteiger partial charge in [0.15, 0.2) is 0 Å². The first-order valence-corrected chi connectivity index (χ1v) is 6.25. The van der Waals surface area contributed by atoms with Gasteiger partial charge < -0.3 is 0 Å². The Morgan fingerprint density at radius 1 is 0.778 bits per heavy atom. The predicted molar refractivity (Wildman–Crippen MR) is 70.1 cm³/mol. The maximum absolute atomic E-state index is 5.43. The molecule has 2 aromatic rings. The Balaban J connectivity index is 1.75. The summed E-state index contributed by atoms with van der Waals surface area (Å²) in [5, 5.41) is 0. The number of hydrogen-bond acceptors (Lipinski definition) is 2. The van der Waals surface area contributed by atoms with Crippen molar-refractivity contribution in [1.82, 2.24) is 0 Å². The summed E-state index contributed by atoms with van der Waals surface area (Å²) in [5.41, 5.74) is 2.39. The lowest BCUT2D eigenvalue weighted by atomic mass is 9.88. The molecule has 0 unspecified atom stereocenters. The van der Waals surface area contributed by atoms with Crippen molar-refractivity contribution in [3.8, 4) is 0 Å². The average Bonchev–Trinajstić information content (AvgIpc) is 2.39. The molecule has 3 rings (SSSR count). The molecule has 92 valence electrons. The third kappa shape index (κ3) is 2.45. The van der Waals surface area contributed by atoms with Gasteiger partial charge in [0, 0.05) is 12.8 Å². The second-order valence-electron chi connectivity index (χ2n) is 4.85. The minimum absolute atomic E-state index is 0.192. The molecule has 0 N–H and O–H groups in total. The zero-order valence-corrected chi connectivity index (χ0v) is 10.2. The van der Waals surface area contributed by atoms with E-state index < -0.39 is 0 Å². The Morgan fingerprint density at radius 3 is 1.56 bits per heavy atom. The first kappa shape index (κ1) is 11.5. The maximum Gasteiger partial charge on any atom is 0.138 e. The molecule has 2 aromatic carbocycles. The van der Waals surface area contributed by atoms with Crippen molar-refractivity contribution in [2.24, 2.45) is 0 Å². The van der Waals surface area contributed by atoms with E-state index in [1.165, 1.54) is 11.1 Å². The van der Waals surface area contributed by atoms with E-state index in [2.05, 4.69) is 48.5 Å². The Hall–Kier alpha value is -1.64. The molecule has 18 heavy (non-hydrogen) atoms. The lowest BCUT2D eigenvalue weighted by Gasteiger charge is -2.39. The van der Waals surface area contributed by atoms with Crippen LogP contribution in [0.1, 0.15) is 11.1 Å². The quantitative estimate of drug-likeness (QED) is 0.764. The van der Waals surface area contributed by atoms with Crippen LogP contribution in [0, 0.1) is 0 Å². The van der Waals surface area contributed by atoms with Gasteiger partial charge >= 0.3 is 0 Å². The molecule has 1 aliphatic heterocycles. The van der Waals surface area contributed by atoms with Gasteiger partial charge in [-0.15, -0.1) is 0 Å². The third-order valence-electron chi connectivity index (χ3n) is 3.30. The molecule has 2 nitrogen and oxygen atoms in total. The van der Waals surface area contributed by atoms with Crippen LogP contribution in [0.25, 0.3) is 0 Å². The Morgan fingerprint density at radius 2 is 1.22 bits per heavy atom. The first-order valence-electron chi connectivity index (χ1n) is 6.25. The molecule has 0 aromatic heterocycles. The summed E-state index contributed by atoms with van der Waals surface area (Å²) in [6, 6.07) is 20.8. The standard InChI is InChI=1S/C16H16O2/c1-3-7-14(8-4-1)11-16(13-17-18-16)12-15-9-5-2-6-10-15/h1-10H,11-13H2. The maximum atomic E-state index is 5.43. The van der Waals surface area contributed by atoms with Crippen LogP contribution in [-0.2, 0) is 22.6 Å². The molecule has 2 heteroatoms. The Kier molecular flexibility index (Phi) is 3.13. The summed E-state index contributed by atoms with van der Waals surface area (Å²) >= 11 is 0. The van der Waals surface area contributed by atoms with Crippen LogP contribution in [-0.4, -0.2) is 12.2 Å². The largest absolute Gasteiger partial charge is 0.233 e. The molecule has 0 amide bonds. The van der Waals surface area contributed by atoms with Crippen molar-refractivity contribution in [1.29, 1.82) is 0 Å². The normalized spacial score (nSPS) is 17.1. The highest BCUT2D eigenvalue weighted by molar-refractivity contribution is 5.22. The average molecular weight is 240 g/mol. The SMILES string of the molecule is c1ccc(CC2(Cc3ccccc3)COO2)cc1. The van der Waals surface area contributed by atoms with Crippen LogP contribution in [0.2, 0.25) is 0 Å². The van der Waals surface area contributed by atoms with E-state index in [4.69, 9.17) is 9.78 Å². The van der Waals surface area contributed by atoms with Gasteiger partial charge in [-0.3, -0.25) is 0 Å². The van der Waals surface area contributed by atoms with E-state index in [0.29, 0.717) is 6.61 Å². The monoisotopic (exact) mass is 240 g/mol. The number of benzene rings is 2. The second-order valence-corrected chi connectivity index (χ2v) is 4.85. The van der Waals surface area contributed by atoms with E-state index in [1.54, 1.807) is 0 Å². The Labute approximate surface area is 107 Å². The van der Waals surface area contributed by atoms with Gasteiger partial charge in [-0.1, -0.05) is 60.7 Å². The van der Waals surface area contributed by atoms with Gasteiger partial charge in [-0.2, -0.15) is 0 Å². The van der Waals surface area contributed by atoms with Crippen molar-refractivity contribution in [3.63, 3.8) is 0 Å². The fourth-order valence-corrected chi connectivity index (χ4v) is 2.38. The smallest absolute Gasteiger partial charge is 0.138 e. The number of hydrogen-bond donors (Lipinski definition) is 0. The summed E-state index contributed by atoms with van der Waals surface area (Å²) in [6.07, 6.45) is 1.78. The van der Waals surface area contributed by atoms with Crippen molar-refractivity contribution in [2.45, 2.75) is 18.4 Å². The van der Waals surface area contributed by atoms with E-state index in [1.807, 2.05) is 12.1 Å². The molecule has 1 saturated heterocycles. The highest BCUT2D eigenvalue weighted by Gasteiger charge is 2.41. The van der Waals surface area contributed by atoms with Crippen molar-refractivity contribution in [3.05, 3.63) is 71.8 Å². The van der Waals surface area contributed by atoms with Gasteiger partial charge in [-0.05, 0) is 11.1 Å². The van der Waals surface area contributed by atoms with Crippen LogP contribution in [0.4, 0.5) is 0 Å². The number of rotatable bonds is 4. The minimum Gasteiger partial charge on any atom is -0.233 e. The van der Waals surface area contributed by atoms with Gasteiger partial charge in [0.25, 0.3) is 0 Å². The van der Waals surface area contributed by atoms with E-state index >= 15 is 0 Å². The zero-order valence-electron chi connectivity index (χ0n) is 10.2. The van der Waals surface area contributed by atoms with E-state index in [-0.39, 0.29) is 5.60 Å². The van der Waals surface area contributed by atoms with Crippen LogP contribution < -0.4 is 0 Å². The van der Waals surface area contributed by atoms with Gasteiger partial charge in [0.05, 0.1) is 0 Å². The van der Waals surface area contributed by atoms with Crippen LogP contribution >= 0.6 is 0 Å². The van der Waals surface area contributed by atoms with E-state index in [9.17, 15) is 0 Å². The van der Waals surface area contributed by atoms with Crippen LogP contribution in [0.5, 0.6) is 0 Å². The zero-order chi connectivity index (χ0) is 12.3. The fourth-order valence-electron chi connectivity index (χ4n) is 2.38. The lowest BCUT2D eigenvalue weighted by molar-refractivity contribution is -0.470. The molecule has 0 atom stereocenters. The lowest BCUT2D eigenvalue weighted by Crippen LogP contribution is -2.51. The predicted octanol–water partition coefficient (Wildman–Crippen LogP) is 3.17. The van der Waals surface area contributed by atoms with Gasteiger partial charge in [0.2, 0.25) is 0 Å². The summed E-state index contributed by atoms with van der Waals surface area (Å²) in [7, 11) is 0. The van der Waals surface area contributed by atoms with Crippen molar-refractivity contribution >= 4 is 0 Å². The topological polar surface area (TPSA) is 18.5 Å². The van der Waals surface area contributed by atoms with Gasteiger partial charge in [-0.25, -0.2) is 9.78 Å². The molecular formula is C16H16O2. The molecule has 1 fully saturated rings. The molecule has 0 radical (unpaired) electrons. The highest BCUT2D eigenvalue weighted by Crippen LogP contribution is 2.30. The Bertz CT molecular complexity index is 446.